The van der Waals surface area contributed by atoms with Crippen LogP contribution in [0.1, 0.15) is 16.8 Å². The van der Waals surface area contributed by atoms with E-state index in [1.165, 1.54) is 4.90 Å². The summed E-state index contributed by atoms with van der Waals surface area (Å²) in [4.78, 5) is 33.9. The molecule has 0 atom stereocenters. The fraction of sp³-hybridized carbons (Fsp3) is 0.333. The Bertz CT molecular complexity index is 583. The molecule has 2 rings (SSSR count). The maximum Gasteiger partial charge on any atom is 0.303 e. The van der Waals surface area contributed by atoms with E-state index in [4.69, 9.17) is 5.11 Å². The van der Waals surface area contributed by atoms with E-state index < -0.39 is 28.3 Å². The number of hydrogen-bond donors (Lipinski definition) is 1. The zero-order valence-corrected chi connectivity index (χ0v) is 10.3. The van der Waals surface area contributed by atoms with Crippen LogP contribution in [0.4, 0.5) is 10.1 Å². The number of carbonyl (C=O) groups is 2. The summed E-state index contributed by atoms with van der Waals surface area (Å²) >= 11 is 0. The second kappa shape index (κ2) is 5.24. The Labute approximate surface area is 112 Å². The number of rotatable bonds is 4. The van der Waals surface area contributed by atoms with Crippen LogP contribution in [0.15, 0.2) is 18.2 Å². The smallest absolute Gasteiger partial charge is 0.303 e. The first-order chi connectivity index (χ1) is 9.38. The third kappa shape index (κ3) is 2.73. The number of likely N-dealkylation sites (tertiary alicyclic amines) is 1. The average molecular weight is 282 g/mol. The molecular weight excluding hydrogens is 271 g/mol. The molecule has 1 amide bonds. The third-order valence-corrected chi connectivity index (χ3v) is 3.09. The second-order valence-corrected chi connectivity index (χ2v) is 4.59. The molecule has 1 heterocycles. The number of aliphatic carboxylic acids is 1. The van der Waals surface area contributed by atoms with E-state index in [0.717, 1.165) is 18.2 Å². The normalized spacial score (nSPS) is 14.8. The molecule has 0 aliphatic carbocycles. The molecule has 1 aliphatic heterocycles. The molecule has 8 heteroatoms. The van der Waals surface area contributed by atoms with E-state index in [9.17, 15) is 24.1 Å². The summed E-state index contributed by atoms with van der Waals surface area (Å²) < 4.78 is 13.1. The molecule has 0 saturated carbocycles. The van der Waals surface area contributed by atoms with E-state index in [1.54, 1.807) is 0 Å². The van der Waals surface area contributed by atoms with Gasteiger partial charge < -0.3 is 10.0 Å². The molecule has 1 saturated heterocycles. The number of nitro groups is 1. The van der Waals surface area contributed by atoms with Crippen molar-refractivity contribution in [1.29, 1.82) is 0 Å². The summed E-state index contributed by atoms with van der Waals surface area (Å²) in [6.45, 7) is 0.414. The summed E-state index contributed by atoms with van der Waals surface area (Å²) in [5.74, 6) is -2.51. The molecule has 1 aliphatic rings. The molecule has 1 aromatic rings. The standard InChI is InChI=1S/C12H11FN2O5/c13-8-1-2-10(15(19)20)9(4-8)12(18)14-5-7(6-14)3-11(16)17/h1-2,4,7H,3,5-6H2,(H,16,17). The highest BCUT2D eigenvalue weighted by Gasteiger charge is 2.35. The van der Waals surface area contributed by atoms with Crippen molar-refractivity contribution in [3.63, 3.8) is 0 Å². The first kappa shape index (κ1) is 13.9. The molecule has 1 N–H and O–H groups in total. The second-order valence-electron chi connectivity index (χ2n) is 4.59. The fourth-order valence-corrected chi connectivity index (χ4v) is 2.12. The van der Waals surface area contributed by atoms with Gasteiger partial charge in [0.2, 0.25) is 0 Å². The molecular formula is C12H11FN2O5. The van der Waals surface area contributed by atoms with Crippen molar-refractivity contribution in [3.8, 4) is 0 Å². The van der Waals surface area contributed by atoms with Crippen molar-refractivity contribution in [2.24, 2.45) is 5.92 Å². The largest absolute Gasteiger partial charge is 0.481 e. The Morgan fingerprint density at radius 3 is 2.65 bits per heavy atom. The van der Waals surface area contributed by atoms with Gasteiger partial charge in [0, 0.05) is 25.1 Å². The summed E-state index contributed by atoms with van der Waals surface area (Å²) in [6, 6.07) is 2.68. The van der Waals surface area contributed by atoms with Crippen LogP contribution in [0, 0.1) is 21.8 Å². The summed E-state index contributed by atoms with van der Waals surface area (Å²) in [5.41, 5.74) is -0.776. The minimum absolute atomic E-state index is 0.0605. The van der Waals surface area contributed by atoms with Gasteiger partial charge in [-0.05, 0) is 12.1 Å². The van der Waals surface area contributed by atoms with Gasteiger partial charge in [0.25, 0.3) is 11.6 Å². The first-order valence-electron chi connectivity index (χ1n) is 5.83. The molecule has 0 spiro atoms. The van der Waals surface area contributed by atoms with Crippen LogP contribution in [0.3, 0.4) is 0 Å². The zero-order valence-electron chi connectivity index (χ0n) is 10.3. The number of nitro benzene ring substituents is 1. The predicted octanol–water partition coefficient (Wildman–Crippen LogP) is 1.28. The molecule has 1 fully saturated rings. The Morgan fingerprint density at radius 2 is 2.10 bits per heavy atom. The van der Waals surface area contributed by atoms with Crippen LogP contribution >= 0.6 is 0 Å². The third-order valence-electron chi connectivity index (χ3n) is 3.09. The van der Waals surface area contributed by atoms with Crippen molar-refractivity contribution >= 4 is 17.6 Å². The number of hydrogen-bond acceptors (Lipinski definition) is 4. The summed E-state index contributed by atoms with van der Waals surface area (Å²) in [6.07, 6.45) is -0.0605. The number of carboxylic acids is 1. The average Bonchev–Trinajstić information content (AvgIpc) is 2.31. The maximum absolute atomic E-state index is 13.1. The highest BCUT2D eigenvalue weighted by molar-refractivity contribution is 5.98. The highest BCUT2D eigenvalue weighted by atomic mass is 19.1. The number of carbonyl (C=O) groups excluding carboxylic acids is 1. The van der Waals surface area contributed by atoms with Crippen LogP contribution in [0.25, 0.3) is 0 Å². The molecule has 0 aromatic heterocycles. The first-order valence-corrected chi connectivity index (χ1v) is 5.83. The van der Waals surface area contributed by atoms with Gasteiger partial charge in [-0.25, -0.2) is 4.39 Å². The highest BCUT2D eigenvalue weighted by Crippen LogP contribution is 2.26. The van der Waals surface area contributed by atoms with Crippen LogP contribution in [0.2, 0.25) is 0 Å². The van der Waals surface area contributed by atoms with Gasteiger partial charge in [-0.3, -0.25) is 19.7 Å². The van der Waals surface area contributed by atoms with E-state index >= 15 is 0 Å². The zero-order chi connectivity index (χ0) is 14.9. The predicted molar refractivity (Wildman–Crippen MR) is 64.7 cm³/mol. The lowest BCUT2D eigenvalue weighted by atomic mass is 9.95. The van der Waals surface area contributed by atoms with E-state index in [-0.39, 0.29) is 31.0 Å². The quantitative estimate of drug-likeness (QED) is 0.662. The minimum Gasteiger partial charge on any atom is -0.481 e. The Morgan fingerprint density at radius 1 is 1.45 bits per heavy atom. The van der Waals surface area contributed by atoms with Crippen LogP contribution in [-0.2, 0) is 4.79 Å². The van der Waals surface area contributed by atoms with Gasteiger partial charge in [-0.2, -0.15) is 0 Å². The summed E-state index contributed by atoms with van der Waals surface area (Å²) in [7, 11) is 0. The lowest BCUT2D eigenvalue weighted by Crippen LogP contribution is -2.50. The molecule has 0 radical (unpaired) electrons. The van der Waals surface area contributed by atoms with E-state index in [0.29, 0.717) is 0 Å². The van der Waals surface area contributed by atoms with E-state index in [1.807, 2.05) is 0 Å². The van der Waals surface area contributed by atoms with Crippen molar-refractivity contribution < 1.29 is 24.0 Å². The monoisotopic (exact) mass is 282 g/mol. The minimum atomic E-state index is -0.959. The van der Waals surface area contributed by atoms with Gasteiger partial charge in [0.05, 0.1) is 11.3 Å². The number of amides is 1. The van der Waals surface area contributed by atoms with Crippen molar-refractivity contribution in [2.45, 2.75) is 6.42 Å². The Balaban J connectivity index is 2.13. The molecule has 0 unspecified atom stereocenters. The molecule has 1 aromatic carbocycles. The number of halogens is 1. The van der Waals surface area contributed by atoms with Gasteiger partial charge in [-0.15, -0.1) is 0 Å². The van der Waals surface area contributed by atoms with E-state index in [2.05, 4.69) is 0 Å². The van der Waals surface area contributed by atoms with Crippen LogP contribution in [-0.4, -0.2) is 39.9 Å². The molecule has 0 bridgehead atoms. The van der Waals surface area contributed by atoms with Crippen molar-refractivity contribution in [3.05, 3.63) is 39.7 Å². The lowest BCUT2D eigenvalue weighted by Gasteiger charge is -2.38. The lowest BCUT2D eigenvalue weighted by molar-refractivity contribution is -0.385. The van der Waals surface area contributed by atoms with Gasteiger partial charge in [-0.1, -0.05) is 0 Å². The van der Waals surface area contributed by atoms with Crippen LogP contribution < -0.4 is 0 Å². The van der Waals surface area contributed by atoms with Crippen molar-refractivity contribution in [1.82, 2.24) is 4.90 Å². The molecule has 106 valence electrons. The number of nitrogens with zero attached hydrogens (tertiary/aromatic N) is 2. The fourth-order valence-electron chi connectivity index (χ4n) is 2.12. The van der Waals surface area contributed by atoms with Crippen LogP contribution in [0.5, 0.6) is 0 Å². The topological polar surface area (TPSA) is 101 Å². The Hall–Kier alpha value is -2.51. The van der Waals surface area contributed by atoms with Gasteiger partial charge in [0.15, 0.2) is 0 Å². The maximum atomic E-state index is 13.1. The number of benzene rings is 1. The molecule has 7 nitrogen and oxygen atoms in total. The Kier molecular flexibility index (Phi) is 3.64. The van der Waals surface area contributed by atoms with Crippen molar-refractivity contribution in [2.75, 3.05) is 13.1 Å². The molecule has 20 heavy (non-hydrogen) atoms. The number of carboxylic acid groups (broad SMARTS) is 1. The van der Waals surface area contributed by atoms with Gasteiger partial charge >= 0.3 is 5.97 Å². The summed E-state index contributed by atoms with van der Waals surface area (Å²) in [5, 5.41) is 19.4. The SMILES string of the molecule is O=C(O)CC1CN(C(=O)c2cc(F)ccc2[N+](=O)[O-])C1. The van der Waals surface area contributed by atoms with Gasteiger partial charge in [0.1, 0.15) is 11.4 Å².